The number of rotatable bonds is 1. The van der Waals surface area contributed by atoms with Crippen molar-refractivity contribution in [2.24, 2.45) is 0 Å². The molecule has 0 radical (unpaired) electrons. The summed E-state index contributed by atoms with van der Waals surface area (Å²) in [5, 5.41) is -0.425. The molecule has 0 aliphatic heterocycles. The molecule has 0 saturated carbocycles. The van der Waals surface area contributed by atoms with Gasteiger partial charge in [-0.3, -0.25) is 0 Å². The van der Waals surface area contributed by atoms with Crippen molar-refractivity contribution in [1.29, 1.82) is 0 Å². The lowest BCUT2D eigenvalue weighted by molar-refractivity contribution is 0.149. The van der Waals surface area contributed by atoms with Crippen LogP contribution in [0.2, 0.25) is 5.15 Å². The van der Waals surface area contributed by atoms with Crippen molar-refractivity contribution in [2.75, 3.05) is 0 Å². The van der Waals surface area contributed by atoms with Crippen LogP contribution in [0.3, 0.4) is 0 Å². The van der Waals surface area contributed by atoms with E-state index in [0.29, 0.717) is 0 Å². The van der Waals surface area contributed by atoms with Gasteiger partial charge in [-0.2, -0.15) is 0 Å². The summed E-state index contributed by atoms with van der Waals surface area (Å²) in [6, 6.07) is 0. The molecule has 12 heavy (non-hydrogen) atoms. The molecule has 1 nitrogen and oxygen atoms in total. The molecule has 0 bridgehead atoms. The Hall–Kier alpha value is -0.290. The maximum absolute atomic E-state index is 12.8. The van der Waals surface area contributed by atoms with E-state index < -0.39 is 23.0 Å². The van der Waals surface area contributed by atoms with Gasteiger partial charge in [-0.25, -0.2) is 18.2 Å². The van der Waals surface area contributed by atoms with Crippen molar-refractivity contribution < 1.29 is 13.2 Å². The van der Waals surface area contributed by atoms with Gasteiger partial charge < -0.3 is 0 Å². The fourth-order valence-corrected chi connectivity index (χ4v) is 1.33. The average Bonchev–Trinajstić information content (AvgIpc) is 2.00. The van der Waals surface area contributed by atoms with E-state index >= 15 is 0 Å². The smallest absolute Gasteiger partial charge is 0.241 e. The fraction of sp³-hybridized carbons (Fsp3) is 0.167. The first kappa shape index (κ1) is 9.80. The van der Waals surface area contributed by atoms with E-state index in [1.807, 2.05) is 0 Å². The van der Waals surface area contributed by atoms with Crippen molar-refractivity contribution >= 4 is 27.5 Å². The van der Waals surface area contributed by atoms with Crippen molar-refractivity contribution in [2.45, 2.75) is 6.43 Å². The van der Waals surface area contributed by atoms with Crippen LogP contribution in [0, 0.1) is 5.82 Å². The van der Waals surface area contributed by atoms with Crippen LogP contribution in [0.15, 0.2) is 10.7 Å². The highest BCUT2D eigenvalue weighted by molar-refractivity contribution is 9.10. The van der Waals surface area contributed by atoms with E-state index in [1.165, 1.54) is 0 Å². The standard InChI is InChI=1S/C6H2BrClF3N/c7-3-2(6(10)11)1-12-5(8)4(3)9/h1,6H. The first-order valence-electron chi connectivity index (χ1n) is 2.81. The lowest BCUT2D eigenvalue weighted by atomic mass is 10.3. The second kappa shape index (κ2) is 3.62. The molecule has 1 heterocycles. The van der Waals surface area contributed by atoms with Crippen LogP contribution in [0.1, 0.15) is 12.0 Å². The molecule has 1 aromatic heterocycles. The monoisotopic (exact) mass is 259 g/mol. The largest absolute Gasteiger partial charge is 0.266 e. The molecule has 0 amide bonds. The maximum atomic E-state index is 12.8. The van der Waals surface area contributed by atoms with Crippen LogP contribution in [0.25, 0.3) is 0 Å². The summed E-state index contributed by atoms with van der Waals surface area (Å²) >= 11 is 7.88. The van der Waals surface area contributed by atoms with Gasteiger partial charge in [0.1, 0.15) is 0 Å². The number of pyridine rings is 1. The van der Waals surface area contributed by atoms with Gasteiger partial charge in [-0.15, -0.1) is 0 Å². The molecule has 0 aliphatic carbocycles. The minimum Gasteiger partial charge on any atom is -0.241 e. The molecule has 66 valence electrons. The van der Waals surface area contributed by atoms with Crippen molar-refractivity contribution in [3.05, 3.63) is 27.2 Å². The highest BCUT2D eigenvalue weighted by Gasteiger charge is 2.17. The van der Waals surface area contributed by atoms with Gasteiger partial charge in [0.05, 0.1) is 10.0 Å². The molecule has 0 unspecified atom stereocenters. The van der Waals surface area contributed by atoms with E-state index in [9.17, 15) is 13.2 Å². The number of hydrogen-bond donors (Lipinski definition) is 0. The Morgan fingerprint density at radius 3 is 2.58 bits per heavy atom. The third-order valence-corrected chi connectivity index (χ3v) is 2.25. The molecule has 0 spiro atoms. The Bertz CT molecular complexity index is 305. The molecule has 1 aromatic rings. The predicted octanol–water partition coefficient (Wildman–Crippen LogP) is 3.57. The van der Waals surface area contributed by atoms with Crippen LogP contribution in [-0.2, 0) is 0 Å². The van der Waals surface area contributed by atoms with Gasteiger partial charge in [-0.1, -0.05) is 11.6 Å². The van der Waals surface area contributed by atoms with Crippen LogP contribution in [-0.4, -0.2) is 4.98 Å². The van der Waals surface area contributed by atoms with Gasteiger partial charge >= 0.3 is 0 Å². The highest BCUT2D eigenvalue weighted by Crippen LogP contribution is 2.31. The quantitative estimate of drug-likeness (QED) is 0.703. The molecule has 0 saturated heterocycles. The average molecular weight is 260 g/mol. The minimum absolute atomic E-state index is 0.336. The third-order valence-electron chi connectivity index (χ3n) is 1.18. The third kappa shape index (κ3) is 1.72. The Balaban J connectivity index is 3.27. The molecular weight excluding hydrogens is 258 g/mol. The first-order chi connectivity index (χ1) is 5.54. The summed E-state index contributed by atoms with van der Waals surface area (Å²) in [5.74, 6) is -0.963. The van der Waals surface area contributed by atoms with Gasteiger partial charge in [-0.05, 0) is 15.9 Å². The normalized spacial score (nSPS) is 10.8. The van der Waals surface area contributed by atoms with E-state index in [-0.39, 0.29) is 4.47 Å². The topological polar surface area (TPSA) is 12.9 Å². The molecule has 1 rings (SSSR count). The second-order valence-electron chi connectivity index (χ2n) is 1.93. The van der Waals surface area contributed by atoms with Crippen molar-refractivity contribution in [3.63, 3.8) is 0 Å². The van der Waals surface area contributed by atoms with Gasteiger partial charge in [0.15, 0.2) is 11.0 Å². The molecule has 0 aromatic carbocycles. The lowest BCUT2D eigenvalue weighted by Gasteiger charge is -2.03. The summed E-state index contributed by atoms with van der Waals surface area (Å²) in [6.45, 7) is 0. The van der Waals surface area contributed by atoms with Gasteiger partial charge in [0.25, 0.3) is 6.43 Å². The number of aromatic nitrogens is 1. The van der Waals surface area contributed by atoms with Crippen LogP contribution in [0.5, 0.6) is 0 Å². The Labute approximate surface area is 79.7 Å². The van der Waals surface area contributed by atoms with Gasteiger partial charge in [0, 0.05) is 6.20 Å². The molecule has 0 aliphatic rings. The zero-order valence-corrected chi connectivity index (χ0v) is 7.83. The van der Waals surface area contributed by atoms with E-state index in [2.05, 4.69) is 20.9 Å². The van der Waals surface area contributed by atoms with Crippen LogP contribution >= 0.6 is 27.5 Å². The SMILES string of the molecule is Fc1c(Cl)ncc(C(F)F)c1Br. The minimum atomic E-state index is -2.77. The summed E-state index contributed by atoms with van der Waals surface area (Å²) in [7, 11) is 0. The van der Waals surface area contributed by atoms with Crippen LogP contribution < -0.4 is 0 Å². The zero-order valence-electron chi connectivity index (χ0n) is 5.49. The number of hydrogen-bond acceptors (Lipinski definition) is 1. The fourth-order valence-electron chi connectivity index (χ4n) is 0.609. The van der Waals surface area contributed by atoms with E-state index in [1.54, 1.807) is 0 Å². The number of halogens is 5. The van der Waals surface area contributed by atoms with Crippen molar-refractivity contribution in [1.82, 2.24) is 4.98 Å². The maximum Gasteiger partial charge on any atom is 0.266 e. The molecule has 0 N–H and O–H groups in total. The Morgan fingerprint density at radius 1 is 1.50 bits per heavy atom. The molecular formula is C6H2BrClF3N. The summed E-state index contributed by atoms with van der Waals surface area (Å²) in [4.78, 5) is 3.24. The van der Waals surface area contributed by atoms with Gasteiger partial charge in [0.2, 0.25) is 0 Å². The summed E-state index contributed by atoms with van der Waals surface area (Å²) in [5.41, 5.74) is -0.503. The summed E-state index contributed by atoms with van der Waals surface area (Å²) < 4.78 is 36.6. The summed E-state index contributed by atoms with van der Waals surface area (Å²) in [6.07, 6.45) is -1.93. The van der Waals surface area contributed by atoms with Crippen molar-refractivity contribution in [3.8, 4) is 0 Å². The second-order valence-corrected chi connectivity index (χ2v) is 3.08. The first-order valence-corrected chi connectivity index (χ1v) is 3.98. The molecule has 6 heteroatoms. The number of alkyl halides is 2. The highest BCUT2D eigenvalue weighted by atomic mass is 79.9. The Kier molecular flexibility index (Phi) is 2.95. The predicted molar refractivity (Wildman–Crippen MR) is 41.9 cm³/mol. The van der Waals surface area contributed by atoms with E-state index in [4.69, 9.17) is 11.6 Å². The van der Waals surface area contributed by atoms with Crippen LogP contribution in [0.4, 0.5) is 13.2 Å². The molecule has 0 fully saturated rings. The lowest BCUT2D eigenvalue weighted by Crippen LogP contribution is -1.93. The molecule has 0 atom stereocenters. The Morgan fingerprint density at radius 2 is 2.08 bits per heavy atom. The zero-order chi connectivity index (χ0) is 9.30. The number of nitrogens with zero attached hydrogens (tertiary/aromatic N) is 1. The van der Waals surface area contributed by atoms with E-state index in [0.717, 1.165) is 6.20 Å².